The van der Waals surface area contributed by atoms with Gasteiger partial charge in [-0.15, -0.1) is 12.4 Å². The first-order valence-electron chi connectivity index (χ1n) is 4.70. The van der Waals surface area contributed by atoms with E-state index >= 15 is 0 Å². The molecule has 0 saturated heterocycles. The number of H-pyrrole nitrogens is 1. The first kappa shape index (κ1) is 12.0. The van der Waals surface area contributed by atoms with Gasteiger partial charge in [0.05, 0.1) is 6.67 Å². The zero-order chi connectivity index (χ0) is 9.97. The van der Waals surface area contributed by atoms with Gasteiger partial charge in [0.2, 0.25) is 0 Å². The van der Waals surface area contributed by atoms with E-state index in [1.54, 1.807) is 0 Å². The predicted molar refractivity (Wildman–Crippen MR) is 63.1 cm³/mol. The summed E-state index contributed by atoms with van der Waals surface area (Å²) in [5.74, 6) is 0. The van der Waals surface area contributed by atoms with E-state index < -0.39 is 0 Å². The minimum Gasteiger partial charge on any atom is -0.361 e. The van der Waals surface area contributed by atoms with Gasteiger partial charge >= 0.3 is 0 Å². The molecule has 1 aromatic heterocycles. The summed E-state index contributed by atoms with van der Waals surface area (Å²) >= 11 is 0. The van der Waals surface area contributed by atoms with Gasteiger partial charge in [0.1, 0.15) is 0 Å². The summed E-state index contributed by atoms with van der Waals surface area (Å²) in [5, 5.41) is 1.09. The number of aromatic nitrogens is 1. The molecule has 0 fully saturated rings. The molecule has 0 amide bonds. The molecule has 2 nitrogen and oxygen atoms in total. The Labute approximate surface area is 94.1 Å². The minimum atomic E-state index is -0.374. The molecule has 15 heavy (non-hydrogen) atoms. The molecule has 0 spiro atoms. The lowest BCUT2D eigenvalue weighted by Gasteiger charge is -2.07. The molecule has 2 rings (SSSR count). The number of nitrogens with one attached hydrogen (secondary N) is 1. The van der Waals surface area contributed by atoms with Crippen molar-refractivity contribution in [2.75, 3.05) is 6.67 Å². The summed E-state index contributed by atoms with van der Waals surface area (Å²) in [5.41, 5.74) is 7.91. The Morgan fingerprint density at radius 1 is 1.33 bits per heavy atom. The lowest BCUT2D eigenvalue weighted by atomic mass is 10.0. The van der Waals surface area contributed by atoms with Crippen LogP contribution in [0.1, 0.15) is 18.0 Å². The van der Waals surface area contributed by atoms with Gasteiger partial charge in [-0.2, -0.15) is 0 Å². The first-order valence-corrected chi connectivity index (χ1v) is 4.70. The van der Waals surface area contributed by atoms with Gasteiger partial charge < -0.3 is 10.7 Å². The first-order chi connectivity index (χ1) is 6.83. The summed E-state index contributed by atoms with van der Waals surface area (Å²) in [6.07, 6.45) is 2.24. The van der Waals surface area contributed by atoms with Gasteiger partial charge in [0.15, 0.2) is 0 Å². The summed E-state index contributed by atoms with van der Waals surface area (Å²) in [7, 11) is 0. The second-order valence-corrected chi connectivity index (χ2v) is 3.37. The molecule has 0 radical (unpaired) electrons. The average Bonchev–Trinajstić information content (AvgIpc) is 2.61. The van der Waals surface area contributed by atoms with E-state index in [1.807, 2.05) is 30.5 Å². The molecule has 1 aromatic carbocycles. The molecule has 0 unspecified atom stereocenters. The van der Waals surface area contributed by atoms with Gasteiger partial charge in [0.25, 0.3) is 0 Å². The van der Waals surface area contributed by atoms with Crippen LogP contribution in [0.4, 0.5) is 4.39 Å². The zero-order valence-electron chi connectivity index (χ0n) is 8.24. The maximum atomic E-state index is 12.1. The van der Waals surface area contributed by atoms with Gasteiger partial charge in [0, 0.05) is 23.1 Å². The topological polar surface area (TPSA) is 41.8 Å². The number of benzene rings is 1. The van der Waals surface area contributed by atoms with E-state index in [0.717, 1.165) is 16.5 Å². The highest BCUT2D eigenvalue weighted by Crippen LogP contribution is 2.24. The molecular weight excluding hydrogens is 215 g/mol. The van der Waals surface area contributed by atoms with Gasteiger partial charge in [-0.1, -0.05) is 18.2 Å². The van der Waals surface area contributed by atoms with Gasteiger partial charge in [-0.25, -0.2) is 0 Å². The number of halogens is 2. The molecule has 1 heterocycles. The molecule has 0 aliphatic heterocycles. The Hall–Kier alpha value is -1.06. The fourth-order valence-electron chi connectivity index (χ4n) is 1.67. The summed E-state index contributed by atoms with van der Waals surface area (Å²) in [4.78, 5) is 3.13. The second kappa shape index (κ2) is 5.14. The van der Waals surface area contributed by atoms with Crippen LogP contribution in [-0.2, 0) is 0 Å². The second-order valence-electron chi connectivity index (χ2n) is 3.37. The zero-order valence-corrected chi connectivity index (χ0v) is 9.06. The molecule has 1 atom stereocenters. The lowest BCUT2D eigenvalue weighted by molar-refractivity contribution is 0.443. The van der Waals surface area contributed by atoms with E-state index in [-0.39, 0.29) is 25.1 Å². The van der Waals surface area contributed by atoms with E-state index in [0.29, 0.717) is 6.42 Å². The number of fused-ring (bicyclic) bond motifs is 1. The highest BCUT2D eigenvalue weighted by atomic mass is 35.5. The molecule has 4 heteroatoms. The monoisotopic (exact) mass is 228 g/mol. The standard InChI is InChI=1S/C11H13FN2.ClH/c12-6-5-10(13)9-7-14-11-4-2-1-3-8(9)11;/h1-4,7,10,14H,5-6,13H2;1H/t10-;/m1./s1. The quantitative estimate of drug-likeness (QED) is 0.833. The highest BCUT2D eigenvalue weighted by molar-refractivity contribution is 5.85. The Morgan fingerprint density at radius 2 is 2.07 bits per heavy atom. The number of para-hydroxylation sites is 1. The van der Waals surface area contributed by atoms with Crippen molar-refractivity contribution in [3.05, 3.63) is 36.0 Å². The summed E-state index contributed by atoms with van der Waals surface area (Å²) in [6, 6.07) is 7.70. The van der Waals surface area contributed by atoms with E-state index in [2.05, 4.69) is 4.98 Å². The lowest BCUT2D eigenvalue weighted by Crippen LogP contribution is -2.10. The third kappa shape index (κ3) is 2.30. The molecular formula is C11H14ClFN2. The Balaban J connectivity index is 0.00000112. The van der Waals surface area contributed by atoms with Crippen LogP contribution in [0.2, 0.25) is 0 Å². The summed E-state index contributed by atoms with van der Waals surface area (Å²) in [6.45, 7) is -0.374. The van der Waals surface area contributed by atoms with Crippen molar-refractivity contribution in [1.29, 1.82) is 0 Å². The average molecular weight is 229 g/mol. The largest absolute Gasteiger partial charge is 0.361 e. The molecule has 0 bridgehead atoms. The fraction of sp³-hybridized carbons (Fsp3) is 0.273. The Bertz CT molecular complexity index is 427. The normalized spacial score (nSPS) is 12.4. The molecule has 3 N–H and O–H groups in total. The van der Waals surface area contributed by atoms with Crippen LogP contribution in [-0.4, -0.2) is 11.7 Å². The van der Waals surface area contributed by atoms with Crippen molar-refractivity contribution >= 4 is 23.3 Å². The number of hydrogen-bond donors (Lipinski definition) is 2. The van der Waals surface area contributed by atoms with Crippen molar-refractivity contribution in [3.63, 3.8) is 0 Å². The SMILES string of the molecule is Cl.N[C@H](CCF)c1c[nH]c2ccccc12. The fourth-order valence-corrected chi connectivity index (χ4v) is 1.67. The number of alkyl halides is 1. The highest BCUT2D eigenvalue weighted by Gasteiger charge is 2.10. The number of hydrogen-bond acceptors (Lipinski definition) is 1. The van der Waals surface area contributed by atoms with Crippen molar-refractivity contribution < 1.29 is 4.39 Å². The smallest absolute Gasteiger partial charge is 0.0912 e. The third-order valence-electron chi connectivity index (χ3n) is 2.44. The molecule has 0 aliphatic carbocycles. The van der Waals surface area contributed by atoms with Crippen LogP contribution in [0, 0.1) is 0 Å². The van der Waals surface area contributed by atoms with Crippen molar-refractivity contribution in [2.45, 2.75) is 12.5 Å². The van der Waals surface area contributed by atoms with Crippen molar-refractivity contribution in [2.24, 2.45) is 5.73 Å². The predicted octanol–water partition coefficient (Wildman–Crippen LogP) is 2.95. The van der Waals surface area contributed by atoms with Crippen LogP contribution in [0.5, 0.6) is 0 Å². The Morgan fingerprint density at radius 3 is 2.80 bits per heavy atom. The van der Waals surface area contributed by atoms with Gasteiger partial charge in [-0.05, 0) is 18.1 Å². The van der Waals surface area contributed by atoms with Crippen LogP contribution in [0.15, 0.2) is 30.5 Å². The van der Waals surface area contributed by atoms with E-state index in [4.69, 9.17) is 5.73 Å². The number of aromatic amines is 1. The van der Waals surface area contributed by atoms with Crippen LogP contribution in [0.25, 0.3) is 10.9 Å². The van der Waals surface area contributed by atoms with E-state index in [9.17, 15) is 4.39 Å². The van der Waals surface area contributed by atoms with Gasteiger partial charge in [-0.3, -0.25) is 4.39 Å². The molecule has 2 aromatic rings. The maximum Gasteiger partial charge on any atom is 0.0912 e. The van der Waals surface area contributed by atoms with Crippen LogP contribution < -0.4 is 5.73 Å². The number of rotatable bonds is 3. The number of nitrogens with two attached hydrogens (primary N) is 1. The third-order valence-corrected chi connectivity index (χ3v) is 2.44. The van der Waals surface area contributed by atoms with Crippen LogP contribution in [0.3, 0.4) is 0 Å². The maximum absolute atomic E-state index is 12.1. The molecule has 0 saturated carbocycles. The van der Waals surface area contributed by atoms with Crippen molar-refractivity contribution in [1.82, 2.24) is 4.98 Å². The minimum absolute atomic E-state index is 0. The molecule has 82 valence electrons. The van der Waals surface area contributed by atoms with E-state index in [1.165, 1.54) is 0 Å². The summed E-state index contributed by atoms with van der Waals surface area (Å²) < 4.78 is 12.1. The van der Waals surface area contributed by atoms with Crippen LogP contribution >= 0.6 is 12.4 Å². The van der Waals surface area contributed by atoms with Crippen molar-refractivity contribution in [3.8, 4) is 0 Å². The Kier molecular flexibility index (Phi) is 4.12. The molecule has 0 aliphatic rings.